The average Bonchev–Trinajstić information content (AvgIpc) is 2.75. The maximum Gasteiger partial charge on any atom is 0.303 e. The highest BCUT2D eigenvalue weighted by Gasteiger charge is 2.30. The summed E-state index contributed by atoms with van der Waals surface area (Å²) in [5.41, 5.74) is 7.01. The van der Waals surface area contributed by atoms with Gasteiger partial charge in [0.25, 0.3) is 0 Å². The van der Waals surface area contributed by atoms with Crippen LogP contribution in [0.3, 0.4) is 0 Å². The predicted octanol–water partition coefficient (Wildman–Crippen LogP) is 3.18. The quantitative estimate of drug-likeness (QED) is 0.763. The summed E-state index contributed by atoms with van der Waals surface area (Å²) in [7, 11) is 1.66. The fourth-order valence-electron chi connectivity index (χ4n) is 2.67. The van der Waals surface area contributed by atoms with E-state index < -0.39 is 5.97 Å². The summed E-state index contributed by atoms with van der Waals surface area (Å²) in [6.45, 7) is 0.465. The lowest BCUT2D eigenvalue weighted by Gasteiger charge is -2.24. The Morgan fingerprint density at radius 2 is 1.79 bits per heavy atom. The SMILES string of the molecule is CN1C(=O)CC(=O)N(c2ccccc2)c2cc(Cl)ccc21.NCCCC(=O)O. The van der Waals surface area contributed by atoms with Gasteiger partial charge < -0.3 is 15.7 Å². The van der Waals surface area contributed by atoms with Gasteiger partial charge in [0.1, 0.15) is 6.42 Å². The van der Waals surface area contributed by atoms with Gasteiger partial charge in [-0.3, -0.25) is 19.3 Å². The number of para-hydroxylation sites is 1. The smallest absolute Gasteiger partial charge is 0.303 e. The number of halogens is 1. The standard InChI is InChI=1S/C16H13ClN2O2.C4H9NO2/c1-18-13-8-7-11(17)9-14(13)19(16(21)10-15(18)20)12-5-3-2-4-6-12;5-3-1-2-4(6)7/h2-9H,10H2,1H3;1-3,5H2,(H,6,7). The van der Waals surface area contributed by atoms with Gasteiger partial charge in [0.2, 0.25) is 11.8 Å². The van der Waals surface area contributed by atoms with Crippen molar-refractivity contribution in [3.8, 4) is 0 Å². The highest BCUT2D eigenvalue weighted by Crippen LogP contribution is 2.38. The number of aliphatic carboxylic acids is 1. The van der Waals surface area contributed by atoms with Crippen LogP contribution in [0.2, 0.25) is 5.02 Å². The van der Waals surface area contributed by atoms with Crippen molar-refractivity contribution < 1.29 is 19.5 Å². The maximum absolute atomic E-state index is 12.5. The van der Waals surface area contributed by atoms with Gasteiger partial charge in [-0.2, -0.15) is 0 Å². The van der Waals surface area contributed by atoms with Gasteiger partial charge in [0, 0.05) is 24.2 Å². The molecule has 1 aliphatic heterocycles. The van der Waals surface area contributed by atoms with Crippen LogP contribution in [0.1, 0.15) is 19.3 Å². The first-order chi connectivity index (χ1) is 13.3. The van der Waals surface area contributed by atoms with Crippen LogP contribution in [0.25, 0.3) is 0 Å². The minimum atomic E-state index is -0.773. The van der Waals surface area contributed by atoms with Gasteiger partial charge >= 0.3 is 5.97 Å². The highest BCUT2D eigenvalue weighted by atomic mass is 35.5. The zero-order valence-corrected chi connectivity index (χ0v) is 16.2. The minimum absolute atomic E-state index is 0.169. The summed E-state index contributed by atoms with van der Waals surface area (Å²) < 4.78 is 0. The maximum atomic E-state index is 12.5. The van der Waals surface area contributed by atoms with Crippen molar-refractivity contribution in [2.24, 2.45) is 5.73 Å². The first-order valence-electron chi connectivity index (χ1n) is 8.71. The lowest BCUT2D eigenvalue weighted by Crippen LogP contribution is -2.28. The molecule has 1 heterocycles. The van der Waals surface area contributed by atoms with E-state index in [9.17, 15) is 14.4 Å². The fourth-order valence-corrected chi connectivity index (χ4v) is 2.83. The van der Waals surface area contributed by atoms with Gasteiger partial charge in [0.05, 0.1) is 11.4 Å². The number of nitrogens with two attached hydrogens (primary N) is 1. The van der Waals surface area contributed by atoms with Gasteiger partial charge in [-0.05, 0) is 43.3 Å². The summed E-state index contributed by atoms with van der Waals surface area (Å²) in [6, 6.07) is 14.4. The molecule has 0 atom stereocenters. The molecule has 2 amide bonds. The molecule has 3 rings (SSSR count). The zero-order chi connectivity index (χ0) is 20.7. The minimum Gasteiger partial charge on any atom is -0.481 e. The normalized spacial score (nSPS) is 13.4. The van der Waals surface area contributed by atoms with Crippen LogP contribution in [0.15, 0.2) is 48.5 Å². The molecule has 0 fully saturated rings. The van der Waals surface area contributed by atoms with Crippen molar-refractivity contribution in [3.05, 3.63) is 53.6 Å². The number of amides is 2. The molecule has 148 valence electrons. The molecule has 28 heavy (non-hydrogen) atoms. The van der Waals surface area contributed by atoms with Gasteiger partial charge in [-0.1, -0.05) is 29.8 Å². The largest absolute Gasteiger partial charge is 0.481 e. The molecule has 0 spiro atoms. The molecular formula is C20H22ClN3O4. The number of carbonyl (C=O) groups is 3. The Balaban J connectivity index is 0.000000345. The number of nitrogens with zero attached hydrogens (tertiary/aromatic N) is 2. The summed E-state index contributed by atoms with van der Waals surface area (Å²) >= 11 is 6.07. The van der Waals surface area contributed by atoms with Crippen LogP contribution in [-0.4, -0.2) is 36.5 Å². The Morgan fingerprint density at radius 3 is 2.36 bits per heavy atom. The first kappa shape index (κ1) is 21.4. The number of rotatable bonds is 4. The molecule has 0 saturated carbocycles. The average molecular weight is 404 g/mol. The van der Waals surface area contributed by atoms with Crippen molar-refractivity contribution in [2.45, 2.75) is 19.3 Å². The molecule has 0 saturated heterocycles. The number of carboxylic acids is 1. The molecular weight excluding hydrogens is 382 g/mol. The third-order valence-corrected chi connectivity index (χ3v) is 4.31. The number of benzene rings is 2. The van der Waals surface area contributed by atoms with E-state index in [1.54, 1.807) is 30.1 Å². The Labute approximate surface area is 168 Å². The van der Waals surface area contributed by atoms with Crippen molar-refractivity contribution >= 4 is 46.4 Å². The topological polar surface area (TPSA) is 104 Å². The number of anilines is 3. The van der Waals surface area contributed by atoms with E-state index in [1.807, 2.05) is 30.3 Å². The number of hydrogen-bond acceptors (Lipinski definition) is 4. The van der Waals surface area contributed by atoms with Crippen molar-refractivity contribution in [3.63, 3.8) is 0 Å². The third-order valence-electron chi connectivity index (χ3n) is 4.07. The second kappa shape index (κ2) is 9.87. The number of carboxylic acid groups (broad SMARTS) is 1. The van der Waals surface area contributed by atoms with Crippen molar-refractivity contribution in [2.75, 3.05) is 23.4 Å². The highest BCUT2D eigenvalue weighted by molar-refractivity contribution is 6.31. The van der Waals surface area contributed by atoms with E-state index in [2.05, 4.69) is 0 Å². The molecule has 0 bridgehead atoms. The summed E-state index contributed by atoms with van der Waals surface area (Å²) in [5.74, 6) is -1.27. The van der Waals surface area contributed by atoms with Gasteiger partial charge in [0.15, 0.2) is 0 Å². The second-order valence-electron chi connectivity index (χ2n) is 6.11. The van der Waals surface area contributed by atoms with Crippen LogP contribution >= 0.6 is 11.6 Å². The molecule has 0 aromatic heterocycles. The van der Waals surface area contributed by atoms with Crippen LogP contribution in [-0.2, 0) is 14.4 Å². The van der Waals surface area contributed by atoms with Crippen LogP contribution in [0.4, 0.5) is 17.1 Å². The Bertz CT molecular complexity index is 858. The lowest BCUT2D eigenvalue weighted by molar-refractivity contribution is -0.137. The zero-order valence-electron chi connectivity index (χ0n) is 15.5. The third kappa shape index (κ3) is 5.31. The number of hydrogen-bond donors (Lipinski definition) is 2. The van der Waals surface area contributed by atoms with Crippen LogP contribution in [0, 0.1) is 0 Å². The molecule has 0 radical (unpaired) electrons. The molecule has 3 N–H and O–H groups in total. The Kier molecular flexibility index (Phi) is 7.54. The first-order valence-corrected chi connectivity index (χ1v) is 9.09. The van der Waals surface area contributed by atoms with E-state index >= 15 is 0 Å². The van der Waals surface area contributed by atoms with Crippen molar-refractivity contribution in [1.82, 2.24) is 0 Å². The summed E-state index contributed by atoms with van der Waals surface area (Å²) in [6.07, 6.45) is 0.601. The molecule has 8 heteroatoms. The fraction of sp³-hybridized carbons (Fsp3) is 0.250. The second-order valence-corrected chi connectivity index (χ2v) is 6.55. The van der Waals surface area contributed by atoms with E-state index in [-0.39, 0.29) is 24.7 Å². The summed E-state index contributed by atoms with van der Waals surface area (Å²) in [5, 5.41) is 8.51. The molecule has 2 aromatic carbocycles. The molecule has 7 nitrogen and oxygen atoms in total. The van der Waals surface area contributed by atoms with E-state index in [0.29, 0.717) is 35.1 Å². The number of carbonyl (C=O) groups excluding carboxylic acids is 2. The predicted molar refractivity (Wildman–Crippen MR) is 109 cm³/mol. The molecule has 0 aliphatic carbocycles. The molecule has 0 unspecified atom stereocenters. The van der Waals surface area contributed by atoms with Gasteiger partial charge in [-0.15, -0.1) is 0 Å². The van der Waals surface area contributed by atoms with Crippen molar-refractivity contribution in [1.29, 1.82) is 0 Å². The number of fused-ring (bicyclic) bond motifs is 1. The van der Waals surface area contributed by atoms with Crippen LogP contribution < -0.4 is 15.5 Å². The van der Waals surface area contributed by atoms with Gasteiger partial charge in [-0.25, -0.2) is 0 Å². The van der Waals surface area contributed by atoms with E-state index in [0.717, 1.165) is 0 Å². The molecule has 2 aromatic rings. The van der Waals surface area contributed by atoms with Crippen LogP contribution in [0.5, 0.6) is 0 Å². The lowest BCUT2D eigenvalue weighted by atomic mass is 10.2. The monoisotopic (exact) mass is 403 g/mol. The van der Waals surface area contributed by atoms with E-state index in [4.69, 9.17) is 22.4 Å². The van der Waals surface area contributed by atoms with E-state index in [1.165, 1.54) is 4.90 Å². The Morgan fingerprint density at radius 1 is 1.11 bits per heavy atom. The Hall–Kier alpha value is -2.90. The summed E-state index contributed by atoms with van der Waals surface area (Å²) in [4.78, 5) is 37.3. The molecule has 1 aliphatic rings.